The highest BCUT2D eigenvalue weighted by molar-refractivity contribution is 5.95. The van der Waals surface area contributed by atoms with Gasteiger partial charge in [-0.2, -0.15) is 0 Å². The number of aromatic nitrogens is 2. The quantitative estimate of drug-likeness (QED) is 0.427. The minimum atomic E-state index is -0.413. The molecule has 6 heteroatoms. The highest BCUT2D eigenvalue weighted by atomic mass is 16.7. The van der Waals surface area contributed by atoms with E-state index in [2.05, 4.69) is 14.7 Å². The number of carbonyl (C=O) groups excluding carboxylic acids is 2. The maximum Gasteiger partial charge on any atom is 0.208 e. The fourth-order valence-electron chi connectivity index (χ4n) is 1.31. The lowest BCUT2D eigenvalue weighted by atomic mass is 9.88. The van der Waals surface area contributed by atoms with Gasteiger partial charge in [-0.1, -0.05) is 20.8 Å². The van der Waals surface area contributed by atoms with E-state index < -0.39 is 5.41 Å². The second-order valence-electron chi connectivity index (χ2n) is 5.42. The molecule has 1 aromatic heterocycles. The van der Waals surface area contributed by atoms with Crippen LogP contribution in [0.5, 0.6) is 0 Å². The van der Waals surface area contributed by atoms with E-state index >= 15 is 0 Å². The maximum atomic E-state index is 11.9. The van der Waals surface area contributed by atoms with Crippen LogP contribution in [0, 0.1) is 5.41 Å². The second-order valence-corrected chi connectivity index (χ2v) is 5.42. The summed E-state index contributed by atoms with van der Waals surface area (Å²) in [5, 5.41) is 0. The Morgan fingerprint density at radius 1 is 1.20 bits per heavy atom. The van der Waals surface area contributed by atoms with Crippen molar-refractivity contribution in [3.05, 3.63) is 23.8 Å². The van der Waals surface area contributed by atoms with Crippen molar-refractivity contribution in [1.29, 1.82) is 0 Å². The van der Waals surface area contributed by atoms with E-state index in [4.69, 9.17) is 4.74 Å². The van der Waals surface area contributed by atoms with Crippen LogP contribution in [-0.4, -0.2) is 42.0 Å². The molecule has 0 unspecified atom stereocenters. The number of hydrogen-bond donors (Lipinski definition) is 0. The summed E-state index contributed by atoms with van der Waals surface area (Å²) in [4.78, 5) is 31.6. The Labute approximate surface area is 118 Å². The van der Waals surface area contributed by atoms with Crippen LogP contribution < -0.4 is 0 Å². The van der Waals surface area contributed by atoms with Crippen LogP contribution in [0.3, 0.4) is 0 Å². The van der Waals surface area contributed by atoms with E-state index in [1.807, 2.05) is 20.8 Å². The number of methoxy groups -OCH3 is 1. The smallest absolute Gasteiger partial charge is 0.208 e. The molecule has 1 aromatic rings. The first-order chi connectivity index (χ1) is 9.34. The van der Waals surface area contributed by atoms with Crippen molar-refractivity contribution in [1.82, 2.24) is 9.97 Å². The molecule has 0 radical (unpaired) electrons. The zero-order valence-corrected chi connectivity index (χ0v) is 12.3. The molecule has 0 aromatic carbocycles. The van der Waals surface area contributed by atoms with Gasteiger partial charge in [-0.25, -0.2) is 4.98 Å². The van der Waals surface area contributed by atoms with E-state index in [9.17, 15) is 9.59 Å². The fourth-order valence-corrected chi connectivity index (χ4v) is 1.31. The van der Waals surface area contributed by atoms with E-state index in [1.165, 1.54) is 19.5 Å². The Morgan fingerprint density at radius 3 is 2.40 bits per heavy atom. The largest absolute Gasteiger partial charge is 0.359 e. The monoisotopic (exact) mass is 280 g/mol. The van der Waals surface area contributed by atoms with Crippen molar-refractivity contribution in [3.63, 3.8) is 0 Å². The average molecular weight is 280 g/mol. The lowest BCUT2D eigenvalue weighted by Gasteiger charge is -2.15. The number of nitrogens with zero attached hydrogens (tertiary/aromatic N) is 2. The summed E-state index contributed by atoms with van der Waals surface area (Å²) < 4.78 is 9.62. The van der Waals surface area contributed by atoms with Crippen LogP contribution in [0.2, 0.25) is 0 Å². The van der Waals surface area contributed by atoms with E-state index in [0.717, 1.165) is 0 Å². The third kappa shape index (κ3) is 5.14. The molecule has 0 spiro atoms. The molecule has 110 valence electrons. The zero-order chi connectivity index (χ0) is 15.2. The zero-order valence-electron chi connectivity index (χ0n) is 12.3. The summed E-state index contributed by atoms with van der Waals surface area (Å²) in [5.41, 5.74) is 0.358. The van der Waals surface area contributed by atoms with Crippen molar-refractivity contribution in [2.45, 2.75) is 27.2 Å². The van der Waals surface area contributed by atoms with Gasteiger partial charge in [0.1, 0.15) is 24.9 Å². The molecule has 0 aliphatic carbocycles. The lowest BCUT2D eigenvalue weighted by Crippen LogP contribution is -2.22. The van der Waals surface area contributed by atoms with Gasteiger partial charge in [0.05, 0.1) is 18.3 Å². The maximum absolute atomic E-state index is 11.9. The van der Waals surface area contributed by atoms with E-state index in [-0.39, 0.29) is 37.1 Å². The van der Waals surface area contributed by atoms with Crippen LogP contribution in [0.4, 0.5) is 0 Å². The van der Waals surface area contributed by atoms with Gasteiger partial charge >= 0.3 is 0 Å². The van der Waals surface area contributed by atoms with Crippen LogP contribution in [0.15, 0.2) is 12.4 Å². The van der Waals surface area contributed by atoms with Gasteiger partial charge in [-0.3, -0.25) is 14.6 Å². The number of rotatable bonds is 7. The molecule has 1 rings (SSSR count). The van der Waals surface area contributed by atoms with Crippen molar-refractivity contribution >= 4 is 11.6 Å². The van der Waals surface area contributed by atoms with Gasteiger partial charge in [-0.05, 0) is 0 Å². The molecule has 0 amide bonds. The number of carbonyl (C=O) groups is 2. The molecule has 0 bridgehead atoms. The van der Waals surface area contributed by atoms with E-state index in [0.29, 0.717) is 5.69 Å². The van der Waals surface area contributed by atoms with Gasteiger partial charge in [0, 0.05) is 18.7 Å². The molecular weight excluding hydrogens is 260 g/mol. The molecule has 0 N–H and O–H groups in total. The molecule has 0 fully saturated rings. The van der Waals surface area contributed by atoms with Crippen LogP contribution in [0.25, 0.3) is 0 Å². The molecule has 0 aliphatic heterocycles. The van der Waals surface area contributed by atoms with Crippen molar-refractivity contribution < 1.29 is 19.1 Å². The Kier molecular flexibility index (Phi) is 5.91. The molecule has 0 saturated carbocycles. The molecule has 0 atom stereocenters. The van der Waals surface area contributed by atoms with Crippen LogP contribution in [-0.2, 0) is 20.7 Å². The minimum absolute atomic E-state index is 0.0529. The average Bonchev–Trinajstić information content (AvgIpc) is 2.38. The normalized spacial score (nSPS) is 11.4. The van der Waals surface area contributed by atoms with Crippen LogP contribution in [0.1, 0.15) is 37.0 Å². The summed E-state index contributed by atoms with van der Waals surface area (Å²) in [6.07, 6.45) is 3.03. The molecule has 20 heavy (non-hydrogen) atoms. The minimum Gasteiger partial charge on any atom is -0.359 e. The van der Waals surface area contributed by atoms with Gasteiger partial charge in [-0.15, -0.1) is 0 Å². The first kappa shape index (κ1) is 16.4. The second kappa shape index (κ2) is 7.21. The van der Waals surface area contributed by atoms with Crippen molar-refractivity contribution in [2.75, 3.05) is 20.5 Å². The molecular formula is C14H20N2O4. The first-order valence-electron chi connectivity index (χ1n) is 6.28. The van der Waals surface area contributed by atoms with Gasteiger partial charge in [0.25, 0.3) is 0 Å². The number of Topliss-reactive ketones (excluding diaryl/α,β-unsaturated/α-hetero) is 2. The summed E-state index contributed by atoms with van der Waals surface area (Å²) in [6.45, 7) is 5.51. The molecule has 0 saturated heterocycles. The third-order valence-electron chi connectivity index (χ3n) is 2.60. The van der Waals surface area contributed by atoms with Crippen molar-refractivity contribution in [2.24, 2.45) is 5.41 Å². The van der Waals surface area contributed by atoms with Crippen molar-refractivity contribution in [3.8, 4) is 0 Å². The Hall–Kier alpha value is -1.66. The predicted molar refractivity (Wildman–Crippen MR) is 72.4 cm³/mol. The fraction of sp³-hybridized carbons (Fsp3) is 0.571. The van der Waals surface area contributed by atoms with E-state index in [1.54, 1.807) is 0 Å². The van der Waals surface area contributed by atoms with Gasteiger partial charge < -0.3 is 9.47 Å². The van der Waals surface area contributed by atoms with Gasteiger partial charge in [0.2, 0.25) is 5.78 Å². The summed E-state index contributed by atoms with van der Waals surface area (Å²) in [5.74, 6) is -0.197. The number of ketones is 2. The summed E-state index contributed by atoms with van der Waals surface area (Å²) in [7, 11) is 1.48. The number of ether oxygens (including phenoxy) is 2. The Balaban J connectivity index is 2.60. The SMILES string of the molecule is COCOCC(=O)c1cnc(CC(=O)C(C)(C)C)cn1. The predicted octanol–water partition coefficient (Wildman–Crippen LogP) is 1.44. The Bertz CT molecular complexity index is 463. The molecule has 0 aliphatic rings. The third-order valence-corrected chi connectivity index (χ3v) is 2.60. The van der Waals surface area contributed by atoms with Gasteiger partial charge in [0.15, 0.2) is 0 Å². The Morgan fingerprint density at radius 2 is 1.90 bits per heavy atom. The lowest BCUT2D eigenvalue weighted by molar-refractivity contribution is -0.125. The molecule has 1 heterocycles. The highest BCUT2D eigenvalue weighted by Gasteiger charge is 2.21. The first-order valence-corrected chi connectivity index (χ1v) is 6.28. The molecule has 6 nitrogen and oxygen atoms in total. The number of hydrogen-bond acceptors (Lipinski definition) is 6. The standard InChI is InChI=1S/C14H20N2O4/c1-14(2,3)13(18)5-10-6-16-11(7-15-10)12(17)8-20-9-19-4/h6-7H,5,8-9H2,1-4H3. The topological polar surface area (TPSA) is 78.4 Å². The highest BCUT2D eigenvalue weighted by Crippen LogP contribution is 2.16. The summed E-state index contributed by atoms with van der Waals surface area (Å²) >= 11 is 0. The van der Waals surface area contributed by atoms with Crippen LogP contribution >= 0.6 is 0 Å². The summed E-state index contributed by atoms with van der Waals surface area (Å²) in [6, 6.07) is 0.